The van der Waals surface area contributed by atoms with E-state index in [1.165, 1.54) is 0 Å². The molecule has 1 rings (SSSR count). The van der Waals surface area contributed by atoms with Gasteiger partial charge in [-0.1, -0.05) is 6.58 Å². The van der Waals surface area contributed by atoms with Gasteiger partial charge < -0.3 is 0 Å². The van der Waals surface area contributed by atoms with Crippen molar-refractivity contribution in [2.24, 2.45) is 0 Å². The topological polar surface area (TPSA) is 0 Å². The van der Waals surface area contributed by atoms with E-state index in [2.05, 4.69) is 0 Å². The van der Waals surface area contributed by atoms with Crippen molar-refractivity contribution in [3.8, 4) is 0 Å². The van der Waals surface area contributed by atoms with Gasteiger partial charge in [-0.15, -0.1) is 0 Å². The maximum Gasteiger partial charge on any atom is 0.383 e. The van der Waals surface area contributed by atoms with E-state index < -0.39 is 40.9 Å². The van der Waals surface area contributed by atoms with Gasteiger partial charge in [0.05, 0.1) is 0 Å². The van der Waals surface area contributed by atoms with E-state index in [0.29, 0.717) is 0 Å². The largest absolute Gasteiger partial charge is 0.383 e. The van der Waals surface area contributed by atoms with E-state index in [1.807, 2.05) is 6.58 Å². The molecule has 0 aromatic rings. The molecule has 0 radical (unpaired) electrons. The summed E-state index contributed by atoms with van der Waals surface area (Å²) in [7, 11) is 0. The van der Waals surface area contributed by atoms with Crippen molar-refractivity contribution in [1.29, 1.82) is 0 Å². The summed E-state index contributed by atoms with van der Waals surface area (Å²) in [5.41, 5.74) is -5.90. The third kappa shape index (κ3) is 1.34. The average Bonchev–Trinajstić information content (AvgIpc) is 2.14. The molecular weight excluding hydrogens is 286 g/mol. The van der Waals surface area contributed by atoms with Crippen LogP contribution in [-0.4, -0.2) is 23.7 Å². The van der Waals surface area contributed by atoms with Crippen molar-refractivity contribution in [1.82, 2.24) is 0 Å². The lowest BCUT2D eigenvalue weighted by molar-refractivity contribution is -0.361. The molecular formula is C8H2F10. The van der Waals surface area contributed by atoms with Crippen LogP contribution in [0, 0.1) is 0 Å². The Bertz CT molecular complexity index is 425. The molecule has 0 nitrogen and oxygen atoms in total. The molecule has 18 heavy (non-hydrogen) atoms. The normalized spacial score (nSPS) is 28.1. The number of hydrogen-bond acceptors (Lipinski definition) is 0. The van der Waals surface area contributed by atoms with Gasteiger partial charge in [-0.3, -0.25) is 0 Å². The standard InChI is InChI=1S/C8H2F10/c1-2-3(4(9)10)6(13,14)8(17,18)7(15,16)5(2,11)12/h1H2. The summed E-state index contributed by atoms with van der Waals surface area (Å²) < 4.78 is 126. The second kappa shape index (κ2) is 3.41. The van der Waals surface area contributed by atoms with Crippen LogP contribution >= 0.6 is 0 Å². The van der Waals surface area contributed by atoms with Crippen molar-refractivity contribution in [2.75, 3.05) is 0 Å². The molecule has 0 aromatic carbocycles. The van der Waals surface area contributed by atoms with Crippen LogP contribution in [0.5, 0.6) is 0 Å². The Labute approximate surface area is 92.6 Å². The number of halogens is 10. The summed E-state index contributed by atoms with van der Waals surface area (Å²) in [6, 6.07) is 0. The highest BCUT2D eigenvalue weighted by Gasteiger charge is 2.87. The molecule has 0 bridgehead atoms. The first-order valence-electron chi connectivity index (χ1n) is 3.99. The highest BCUT2D eigenvalue weighted by molar-refractivity contribution is 5.48. The molecule has 1 aliphatic carbocycles. The molecule has 0 N–H and O–H groups in total. The lowest BCUT2D eigenvalue weighted by Gasteiger charge is -2.43. The van der Waals surface area contributed by atoms with Gasteiger partial charge in [0.15, 0.2) is 0 Å². The van der Waals surface area contributed by atoms with Gasteiger partial charge >= 0.3 is 23.7 Å². The Hall–Kier alpha value is -1.22. The zero-order chi connectivity index (χ0) is 14.7. The predicted molar refractivity (Wildman–Crippen MR) is 38.2 cm³/mol. The van der Waals surface area contributed by atoms with Crippen molar-refractivity contribution in [2.45, 2.75) is 23.7 Å². The molecule has 0 amide bonds. The SMILES string of the molecule is C=C1C(=C(F)F)C(F)(F)C(F)(F)C(F)(F)C1(F)F. The number of hydrogen-bond donors (Lipinski definition) is 0. The lowest BCUT2D eigenvalue weighted by Crippen LogP contribution is -2.67. The summed E-state index contributed by atoms with van der Waals surface area (Å²) >= 11 is 0. The van der Waals surface area contributed by atoms with Crippen LogP contribution < -0.4 is 0 Å². The Balaban J connectivity index is 3.72. The highest BCUT2D eigenvalue weighted by atomic mass is 19.4. The smallest absolute Gasteiger partial charge is 0.194 e. The van der Waals surface area contributed by atoms with Gasteiger partial charge in [0.2, 0.25) is 0 Å². The molecule has 0 spiro atoms. The van der Waals surface area contributed by atoms with Crippen molar-refractivity contribution in [3.63, 3.8) is 0 Å². The van der Waals surface area contributed by atoms with Crippen LogP contribution in [-0.2, 0) is 0 Å². The first-order valence-corrected chi connectivity index (χ1v) is 3.99. The summed E-state index contributed by atoms with van der Waals surface area (Å²) in [6.45, 7) is 1.95. The minimum absolute atomic E-state index is 1.95. The quantitative estimate of drug-likeness (QED) is 0.585. The first-order chi connectivity index (χ1) is 7.73. The third-order valence-electron chi connectivity index (χ3n) is 2.37. The van der Waals surface area contributed by atoms with Gasteiger partial charge in [-0.2, -0.15) is 43.9 Å². The van der Waals surface area contributed by atoms with E-state index >= 15 is 0 Å². The van der Waals surface area contributed by atoms with Gasteiger partial charge in [0.25, 0.3) is 6.08 Å². The summed E-state index contributed by atoms with van der Waals surface area (Å²) in [5.74, 6) is -25.3. The molecule has 0 aromatic heterocycles. The van der Waals surface area contributed by atoms with Crippen LogP contribution in [0.1, 0.15) is 0 Å². The minimum Gasteiger partial charge on any atom is -0.194 e. The fourth-order valence-corrected chi connectivity index (χ4v) is 1.32. The number of rotatable bonds is 0. The summed E-state index contributed by atoms with van der Waals surface area (Å²) in [6.07, 6.45) is -3.63. The fraction of sp³-hybridized carbons (Fsp3) is 0.500. The van der Waals surface area contributed by atoms with Gasteiger partial charge in [-0.25, -0.2) is 0 Å². The number of alkyl halides is 8. The summed E-state index contributed by atoms with van der Waals surface area (Å²) in [4.78, 5) is 0. The van der Waals surface area contributed by atoms with E-state index in [1.54, 1.807) is 0 Å². The molecule has 104 valence electrons. The van der Waals surface area contributed by atoms with Crippen LogP contribution in [0.15, 0.2) is 23.8 Å². The predicted octanol–water partition coefficient (Wildman–Crippen LogP) is 4.25. The Morgan fingerprint density at radius 2 is 1.06 bits per heavy atom. The maximum absolute atomic E-state index is 12.8. The molecule has 0 atom stereocenters. The molecule has 1 fully saturated rings. The van der Waals surface area contributed by atoms with Gasteiger partial charge in [0, 0.05) is 5.57 Å². The van der Waals surface area contributed by atoms with Crippen molar-refractivity contribution in [3.05, 3.63) is 23.8 Å². The monoisotopic (exact) mass is 288 g/mol. The molecule has 0 heterocycles. The third-order valence-corrected chi connectivity index (χ3v) is 2.37. The molecule has 0 saturated heterocycles. The first kappa shape index (κ1) is 14.8. The van der Waals surface area contributed by atoms with E-state index in [4.69, 9.17) is 0 Å². The van der Waals surface area contributed by atoms with Gasteiger partial charge in [-0.05, 0) is 0 Å². The van der Waals surface area contributed by atoms with Crippen LogP contribution in [0.4, 0.5) is 43.9 Å². The van der Waals surface area contributed by atoms with E-state index in [-0.39, 0.29) is 0 Å². The Morgan fingerprint density at radius 3 is 1.39 bits per heavy atom. The Morgan fingerprint density at radius 1 is 0.722 bits per heavy atom. The average molecular weight is 288 g/mol. The molecule has 1 saturated carbocycles. The lowest BCUT2D eigenvalue weighted by atomic mass is 9.79. The molecule has 0 aliphatic heterocycles. The van der Waals surface area contributed by atoms with E-state index in [0.717, 1.165) is 0 Å². The van der Waals surface area contributed by atoms with Gasteiger partial charge in [0.1, 0.15) is 5.57 Å². The second-order valence-electron chi connectivity index (χ2n) is 3.41. The van der Waals surface area contributed by atoms with Crippen LogP contribution in [0.25, 0.3) is 0 Å². The zero-order valence-corrected chi connectivity index (χ0v) is 7.99. The highest BCUT2D eigenvalue weighted by Crippen LogP contribution is 2.63. The van der Waals surface area contributed by atoms with E-state index in [9.17, 15) is 43.9 Å². The minimum atomic E-state index is -6.68. The molecule has 10 heteroatoms. The summed E-state index contributed by atoms with van der Waals surface area (Å²) in [5, 5.41) is 0. The Kier molecular flexibility index (Phi) is 2.81. The second-order valence-corrected chi connectivity index (χ2v) is 3.41. The fourth-order valence-electron chi connectivity index (χ4n) is 1.32. The maximum atomic E-state index is 12.8. The van der Waals surface area contributed by atoms with Crippen molar-refractivity contribution >= 4 is 0 Å². The molecule has 1 aliphatic rings. The van der Waals surface area contributed by atoms with Crippen LogP contribution in [0.2, 0.25) is 0 Å². The molecule has 0 unspecified atom stereocenters. The number of allylic oxidation sites excluding steroid dienone is 2. The zero-order valence-electron chi connectivity index (χ0n) is 7.99. The van der Waals surface area contributed by atoms with Crippen LogP contribution in [0.3, 0.4) is 0 Å². The van der Waals surface area contributed by atoms with Crippen molar-refractivity contribution < 1.29 is 43.9 Å².